The summed E-state index contributed by atoms with van der Waals surface area (Å²) < 4.78 is 0.624. The number of para-hydroxylation sites is 1. The monoisotopic (exact) mass is 341 g/mol. The Bertz CT molecular complexity index is 649. The molecular formula is C12H9BrClN3O2. The Hall–Kier alpha value is -1.53. The Morgan fingerprint density at radius 3 is 2.68 bits per heavy atom. The summed E-state index contributed by atoms with van der Waals surface area (Å²) in [5.41, 5.74) is 1.03. The van der Waals surface area contributed by atoms with E-state index in [1.807, 2.05) is 6.92 Å². The Balaban J connectivity index is 2.66. The summed E-state index contributed by atoms with van der Waals surface area (Å²) in [5.74, 6) is 0.261. The second kappa shape index (κ2) is 5.63. The molecular weight excluding hydrogens is 334 g/mol. The van der Waals surface area contributed by atoms with Crippen molar-refractivity contribution in [3.8, 4) is 11.4 Å². The summed E-state index contributed by atoms with van der Waals surface area (Å²) in [6, 6.07) is 6.33. The van der Waals surface area contributed by atoms with Crippen LogP contribution >= 0.6 is 27.5 Å². The van der Waals surface area contributed by atoms with Gasteiger partial charge < -0.3 is 0 Å². The lowest BCUT2D eigenvalue weighted by Gasteiger charge is -2.07. The van der Waals surface area contributed by atoms with Crippen LogP contribution in [0.2, 0.25) is 5.15 Å². The third-order valence-corrected chi connectivity index (χ3v) is 3.89. The second-order valence-corrected chi connectivity index (χ2v) is 4.88. The van der Waals surface area contributed by atoms with Crippen LogP contribution in [0, 0.1) is 10.1 Å². The molecule has 0 radical (unpaired) electrons. The number of hydrogen-bond acceptors (Lipinski definition) is 4. The first kappa shape index (κ1) is 13.9. The van der Waals surface area contributed by atoms with Gasteiger partial charge in [0.15, 0.2) is 5.82 Å². The van der Waals surface area contributed by atoms with Crippen molar-refractivity contribution < 1.29 is 4.92 Å². The van der Waals surface area contributed by atoms with Crippen LogP contribution in [0.1, 0.15) is 12.6 Å². The normalized spacial score (nSPS) is 10.5. The number of halogens is 2. The van der Waals surface area contributed by atoms with Gasteiger partial charge in [-0.15, -0.1) is 0 Å². The number of nitro benzene ring substituents is 1. The SMILES string of the molecule is CCc1nc(-c2ccccc2[N+](=O)[O-])nc(Cl)c1Br. The quantitative estimate of drug-likeness (QED) is 0.480. The van der Waals surface area contributed by atoms with E-state index in [1.54, 1.807) is 18.2 Å². The molecule has 0 spiro atoms. The molecule has 0 unspecified atom stereocenters. The van der Waals surface area contributed by atoms with Gasteiger partial charge in [-0.05, 0) is 28.4 Å². The summed E-state index contributed by atoms with van der Waals surface area (Å²) >= 11 is 9.32. The van der Waals surface area contributed by atoms with E-state index in [9.17, 15) is 10.1 Å². The van der Waals surface area contributed by atoms with Crippen molar-refractivity contribution in [3.63, 3.8) is 0 Å². The van der Waals surface area contributed by atoms with Gasteiger partial charge in [0.25, 0.3) is 5.69 Å². The highest BCUT2D eigenvalue weighted by Gasteiger charge is 2.19. The summed E-state index contributed by atoms with van der Waals surface area (Å²) in [5, 5.41) is 11.3. The van der Waals surface area contributed by atoms with Crippen LogP contribution in [0.25, 0.3) is 11.4 Å². The minimum atomic E-state index is -0.458. The third-order valence-electron chi connectivity index (χ3n) is 2.56. The zero-order valence-electron chi connectivity index (χ0n) is 9.93. The number of nitro groups is 1. The third kappa shape index (κ3) is 2.74. The van der Waals surface area contributed by atoms with E-state index in [0.29, 0.717) is 22.2 Å². The van der Waals surface area contributed by atoms with Gasteiger partial charge in [0.05, 0.1) is 20.7 Å². The molecule has 0 saturated heterocycles. The van der Waals surface area contributed by atoms with Crippen molar-refractivity contribution in [2.45, 2.75) is 13.3 Å². The number of nitrogens with zero attached hydrogens (tertiary/aromatic N) is 3. The molecule has 1 aromatic carbocycles. The fraction of sp³-hybridized carbons (Fsp3) is 0.167. The van der Waals surface area contributed by atoms with Crippen molar-refractivity contribution in [1.82, 2.24) is 9.97 Å². The maximum Gasteiger partial charge on any atom is 0.280 e. The van der Waals surface area contributed by atoms with Gasteiger partial charge in [-0.1, -0.05) is 30.7 Å². The topological polar surface area (TPSA) is 68.9 Å². The van der Waals surface area contributed by atoms with Crippen LogP contribution in [0.4, 0.5) is 5.69 Å². The fourth-order valence-corrected chi connectivity index (χ4v) is 2.29. The first-order valence-electron chi connectivity index (χ1n) is 5.50. The summed E-state index contributed by atoms with van der Waals surface area (Å²) in [7, 11) is 0. The number of rotatable bonds is 3. The van der Waals surface area contributed by atoms with E-state index in [4.69, 9.17) is 11.6 Å². The number of hydrogen-bond donors (Lipinski definition) is 0. The molecule has 19 heavy (non-hydrogen) atoms. The lowest BCUT2D eigenvalue weighted by Crippen LogP contribution is -2.00. The predicted molar refractivity (Wildman–Crippen MR) is 76.2 cm³/mol. The van der Waals surface area contributed by atoms with Crippen molar-refractivity contribution in [2.24, 2.45) is 0 Å². The molecule has 2 aromatic rings. The van der Waals surface area contributed by atoms with Crippen LogP contribution < -0.4 is 0 Å². The molecule has 0 fully saturated rings. The van der Waals surface area contributed by atoms with Gasteiger partial charge in [-0.25, -0.2) is 9.97 Å². The van der Waals surface area contributed by atoms with Crippen molar-refractivity contribution >= 4 is 33.2 Å². The van der Waals surface area contributed by atoms with E-state index >= 15 is 0 Å². The average Bonchev–Trinajstić information content (AvgIpc) is 2.41. The van der Waals surface area contributed by atoms with Crippen molar-refractivity contribution in [3.05, 3.63) is 49.7 Å². The van der Waals surface area contributed by atoms with Gasteiger partial charge in [0, 0.05) is 6.07 Å². The molecule has 0 aliphatic rings. The molecule has 0 saturated carbocycles. The molecule has 0 atom stereocenters. The van der Waals surface area contributed by atoms with E-state index in [0.717, 1.165) is 0 Å². The van der Waals surface area contributed by atoms with E-state index in [-0.39, 0.29) is 16.7 Å². The molecule has 5 nitrogen and oxygen atoms in total. The van der Waals surface area contributed by atoms with Gasteiger partial charge in [-0.3, -0.25) is 10.1 Å². The van der Waals surface area contributed by atoms with Crippen molar-refractivity contribution in [1.29, 1.82) is 0 Å². The van der Waals surface area contributed by atoms with Crippen LogP contribution in [-0.4, -0.2) is 14.9 Å². The van der Waals surface area contributed by atoms with Gasteiger partial charge in [-0.2, -0.15) is 0 Å². The fourth-order valence-electron chi connectivity index (χ4n) is 1.64. The molecule has 1 heterocycles. The molecule has 98 valence electrons. The van der Waals surface area contributed by atoms with Crippen LogP contribution in [-0.2, 0) is 6.42 Å². The highest BCUT2D eigenvalue weighted by Crippen LogP contribution is 2.31. The summed E-state index contributed by atoms with van der Waals surface area (Å²) in [6.45, 7) is 1.92. The van der Waals surface area contributed by atoms with Gasteiger partial charge in [0.2, 0.25) is 0 Å². The minimum absolute atomic E-state index is 0.0389. The Labute approximate surface area is 122 Å². The zero-order chi connectivity index (χ0) is 14.0. The lowest BCUT2D eigenvalue weighted by molar-refractivity contribution is -0.384. The minimum Gasteiger partial charge on any atom is -0.258 e. The smallest absolute Gasteiger partial charge is 0.258 e. The predicted octanol–water partition coefficient (Wildman–Crippen LogP) is 4.03. The van der Waals surface area contributed by atoms with Gasteiger partial charge in [0.1, 0.15) is 5.15 Å². The highest BCUT2D eigenvalue weighted by molar-refractivity contribution is 9.10. The molecule has 0 amide bonds. The Morgan fingerprint density at radius 1 is 1.37 bits per heavy atom. The number of benzene rings is 1. The molecule has 1 aromatic heterocycles. The summed E-state index contributed by atoms with van der Waals surface area (Å²) in [6.07, 6.45) is 0.649. The zero-order valence-corrected chi connectivity index (χ0v) is 12.3. The van der Waals surface area contributed by atoms with Crippen molar-refractivity contribution in [2.75, 3.05) is 0 Å². The molecule has 7 heteroatoms. The Kier molecular flexibility index (Phi) is 4.11. The van der Waals surface area contributed by atoms with Gasteiger partial charge >= 0.3 is 0 Å². The largest absolute Gasteiger partial charge is 0.280 e. The molecule has 0 aliphatic heterocycles. The maximum atomic E-state index is 11.0. The Morgan fingerprint density at radius 2 is 2.05 bits per heavy atom. The molecule has 0 bridgehead atoms. The first-order valence-corrected chi connectivity index (χ1v) is 6.67. The van der Waals surface area contributed by atoms with Crippen LogP contribution in [0.5, 0.6) is 0 Å². The maximum absolute atomic E-state index is 11.0. The standard InChI is InChI=1S/C12H9BrClN3O2/c1-2-8-10(13)11(14)16-12(15-8)7-5-3-4-6-9(7)17(18)19/h3-6H,2H2,1H3. The molecule has 2 rings (SSSR count). The van der Waals surface area contributed by atoms with E-state index in [2.05, 4.69) is 25.9 Å². The van der Waals surface area contributed by atoms with E-state index < -0.39 is 4.92 Å². The van der Waals surface area contributed by atoms with Crippen LogP contribution in [0.3, 0.4) is 0 Å². The average molecular weight is 343 g/mol. The van der Waals surface area contributed by atoms with E-state index in [1.165, 1.54) is 6.07 Å². The number of aryl methyl sites for hydroxylation is 1. The number of aromatic nitrogens is 2. The second-order valence-electron chi connectivity index (χ2n) is 3.73. The molecule has 0 N–H and O–H groups in total. The first-order chi connectivity index (χ1) is 9.04. The van der Waals surface area contributed by atoms with Crippen LogP contribution in [0.15, 0.2) is 28.7 Å². The lowest BCUT2D eigenvalue weighted by atomic mass is 10.1. The summed E-state index contributed by atoms with van der Waals surface area (Å²) in [4.78, 5) is 19.0. The molecule has 0 aliphatic carbocycles. The highest BCUT2D eigenvalue weighted by atomic mass is 79.9.